The van der Waals surface area contributed by atoms with Gasteiger partial charge in [0.15, 0.2) is 0 Å². The lowest BCUT2D eigenvalue weighted by atomic mass is 9.74. The van der Waals surface area contributed by atoms with E-state index in [4.69, 9.17) is 5.73 Å². The van der Waals surface area contributed by atoms with Crippen molar-refractivity contribution in [2.45, 2.75) is 52.1 Å². The Morgan fingerprint density at radius 1 is 1.26 bits per heavy atom. The Morgan fingerprint density at radius 2 is 2.11 bits per heavy atom. The summed E-state index contributed by atoms with van der Waals surface area (Å²) in [5, 5.41) is 0. The molecule has 1 aliphatic heterocycles. The van der Waals surface area contributed by atoms with Crippen molar-refractivity contribution in [3.8, 4) is 11.1 Å². The number of hydrogen-bond donors (Lipinski definition) is 1. The number of carbonyl (C=O) groups excluding carboxylic acids is 1. The fourth-order valence-corrected chi connectivity index (χ4v) is 4.84. The molecule has 0 saturated heterocycles. The van der Waals surface area contributed by atoms with Crippen LogP contribution in [0.4, 0.5) is 0 Å². The zero-order chi connectivity index (χ0) is 19.0. The van der Waals surface area contributed by atoms with Gasteiger partial charge in [0.2, 0.25) is 5.91 Å². The van der Waals surface area contributed by atoms with Crippen molar-refractivity contribution in [1.82, 2.24) is 9.88 Å². The molecular formula is C23H29N3O. The van der Waals surface area contributed by atoms with Gasteiger partial charge >= 0.3 is 0 Å². The van der Waals surface area contributed by atoms with E-state index >= 15 is 0 Å². The third-order valence-corrected chi connectivity index (χ3v) is 6.62. The molecule has 1 unspecified atom stereocenters. The van der Waals surface area contributed by atoms with Gasteiger partial charge in [-0.05, 0) is 66.0 Å². The molecule has 0 bridgehead atoms. The number of benzene rings is 1. The molecule has 27 heavy (non-hydrogen) atoms. The molecule has 2 aromatic rings. The molecule has 1 fully saturated rings. The van der Waals surface area contributed by atoms with Gasteiger partial charge in [0.25, 0.3) is 0 Å². The Morgan fingerprint density at radius 3 is 2.78 bits per heavy atom. The van der Waals surface area contributed by atoms with E-state index in [0.29, 0.717) is 18.4 Å². The molecule has 1 aromatic heterocycles. The van der Waals surface area contributed by atoms with Crippen LogP contribution in [0.5, 0.6) is 0 Å². The maximum absolute atomic E-state index is 13.5. The van der Waals surface area contributed by atoms with Gasteiger partial charge in [-0.3, -0.25) is 9.78 Å². The van der Waals surface area contributed by atoms with Gasteiger partial charge in [0, 0.05) is 31.5 Å². The summed E-state index contributed by atoms with van der Waals surface area (Å²) in [7, 11) is 0. The summed E-state index contributed by atoms with van der Waals surface area (Å²) in [5.74, 6) is 0.629. The van der Waals surface area contributed by atoms with E-state index in [1.54, 1.807) is 6.20 Å². The normalized spacial score (nSPS) is 24.9. The van der Waals surface area contributed by atoms with Crippen LogP contribution in [0, 0.1) is 11.3 Å². The highest BCUT2D eigenvalue weighted by Crippen LogP contribution is 2.46. The van der Waals surface area contributed by atoms with Gasteiger partial charge in [-0.15, -0.1) is 0 Å². The van der Waals surface area contributed by atoms with Gasteiger partial charge in [-0.25, -0.2) is 0 Å². The van der Waals surface area contributed by atoms with Crippen molar-refractivity contribution in [2.75, 3.05) is 6.54 Å². The minimum absolute atomic E-state index is 0.158. The first-order chi connectivity index (χ1) is 13.0. The Kier molecular flexibility index (Phi) is 4.77. The van der Waals surface area contributed by atoms with Crippen LogP contribution in [0.3, 0.4) is 0 Å². The van der Waals surface area contributed by atoms with Gasteiger partial charge < -0.3 is 10.6 Å². The van der Waals surface area contributed by atoms with E-state index in [-0.39, 0.29) is 11.5 Å². The molecule has 4 nitrogen and oxygen atoms in total. The standard InChI is InChI=1S/C23H29N3O/c1-16(2)23(9-7-21(24)13-23)22(27)26-11-8-17-5-6-18(12-20(17)15-26)19-4-3-10-25-14-19/h3-6,10,12,14,16,21H,7-9,11,13,15,24H2,1-2H3/t21?,23-/m0/s1. The van der Waals surface area contributed by atoms with Crippen LogP contribution < -0.4 is 5.73 Å². The summed E-state index contributed by atoms with van der Waals surface area (Å²) < 4.78 is 0. The topological polar surface area (TPSA) is 59.2 Å². The number of nitrogens with zero attached hydrogens (tertiary/aromatic N) is 2. The summed E-state index contributed by atoms with van der Waals surface area (Å²) in [5.41, 5.74) is 10.8. The predicted octanol–water partition coefficient (Wildman–Crippen LogP) is 3.79. The Bertz CT molecular complexity index is 833. The molecule has 2 N–H and O–H groups in total. The van der Waals surface area contributed by atoms with Crippen molar-refractivity contribution < 1.29 is 4.79 Å². The van der Waals surface area contributed by atoms with Crippen molar-refractivity contribution in [1.29, 1.82) is 0 Å². The minimum Gasteiger partial charge on any atom is -0.338 e. The lowest BCUT2D eigenvalue weighted by molar-refractivity contribution is -0.145. The van der Waals surface area contributed by atoms with E-state index in [0.717, 1.165) is 43.4 Å². The fourth-order valence-electron chi connectivity index (χ4n) is 4.84. The minimum atomic E-state index is -0.280. The second-order valence-corrected chi connectivity index (χ2v) is 8.52. The lowest BCUT2D eigenvalue weighted by Crippen LogP contribution is -2.48. The van der Waals surface area contributed by atoms with Gasteiger partial charge in [0.05, 0.1) is 5.41 Å². The van der Waals surface area contributed by atoms with Crippen LogP contribution in [0.2, 0.25) is 0 Å². The van der Waals surface area contributed by atoms with Gasteiger partial charge in [-0.1, -0.05) is 32.0 Å². The number of nitrogens with two attached hydrogens (primary N) is 1. The SMILES string of the molecule is CC(C)[C@]1(C(=O)N2CCc3ccc(-c4cccnc4)cc3C2)CCC(N)C1. The summed E-state index contributed by atoms with van der Waals surface area (Å²) in [6.07, 6.45) is 7.31. The van der Waals surface area contributed by atoms with Crippen LogP contribution in [0.25, 0.3) is 11.1 Å². The molecule has 142 valence electrons. The summed E-state index contributed by atoms with van der Waals surface area (Å²) in [6, 6.07) is 10.8. The molecule has 2 aliphatic rings. The largest absolute Gasteiger partial charge is 0.338 e. The summed E-state index contributed by atoms with van der Waals surface area (Å²) in [6.45, 7) is 5.86. The predicted molar refractivity (Wildman–Crippen MR) is 108 cm³/mol. The molecule has 1 amide bonds. The third kappa shape index (κ3) is 3.27. The third-order valence-electron chi connectivity index (χ3n) is 6.62. The molecule has 0 spiro atoms. The first-order valence-electron chi connectivity index (χ1n) is 10.1. The first kappa shape index (κ1) is 18.2. The quantitative estimate of drug-likeness (QED) is 0.903. The molecule has 4 heteroatoms. The zero-order valence-corrected chi connectivity index (χ0v) is 16.3. The smallest absolute Gasteiger partial charge is 0.229 e. The number of amides is 1. The number of rotatable bonds is 3. The molecular weight excluding hydrogens is 334 g/mol. The van der Waals surface area contributed by atoms with E-state index in [9.17, 15) is 4.79 Å². The highest BCUT2D eigenvalue weighted by molar-refractivity contribution is 5.84. The zero-order valence-electron chi connectivity index (χ0n) is 16.3. The number of aromatic nitrogens is 1. The Labute approximate surface area is 161 Å². The van der Waals surface area contributed by atoms with Gasteiger partial charge in [0.1, 0.15) is 0 Å². The molecule has 1 saturated carbocycles. The average molecular weight is 364 g/mol. The second kappa shape index (κ2) is 7.08. The summed E-state index contributed by atoms with van der Waals surface area (Å²) >= 11 is 0. The molecule has 2 atom stereocenters. The monoisotopic (exact) mass is 363 g/mol. The van der Waals surface area contributed by atoms with E-state index < -0.39 is 0 Å². The van der Waals surface area contributed by atoms with Crippen LogP contribution in [-0.2, 0) is 17.8 Å². The van der Waals surface area contributed by atoms with Crippen LogP contribution in [-0.4, -0.2) is 28.4 Å². The Hall–Kier alpha value is -2.20. The van der Waals surface area contributed by atoms with Crippen molar-refractivity contribution in [2.24, 2.45) is 17.1 Å². The van der Waals surface area contributed by atoms with Gasteiger partial charge in [-0.2, -0.15) is 0 Å². The molecule has 2 heterocycles. The van der Waals surface area contributed by atoms with E-state index in [1.807, 2.05) is 12.3 Å². The van der Waals surface area contributed by atoms with E-state index in [2.05, 4.69) is 48.0 Å². The number of pyridine rings is 1. The number of carbonyl (C=O) groups is 1. The number of hydrogen-bond acceptors (Lipinski definition) is 3. The highest BCUT2D eigenvalue weighted by Gasteiger charge is 2.48. The summed E-state index contributed by atoms with van der Waals surface area (Å²) in [4.78, 5) is 19.8. The van der Waals surface area contributed by atoms with Crippen molar-refractivity contribution >= 4 is 5.91 Å². The molecule has 1 aromatic carbocycles. The number of fused-ring (bicyclic) bond motifs is 1. The maximum Gasteiger partial charge on any atom is 0.229 e. The fraction of sp³-hybridized carbons (Fsp3) is 0.478. The highest BCUT2D eigenvalue weighted by atomic mass is 16.2. The second-order valence-electron chi connectivity index (χ2n) is 8.52. The van der Waals surface area contributed by atoms with E-state index in [1.165, 1.54) is 11.1 Å². The first-order valence-corrected chi connectivity index (χ1v) is 10.1. The molecule has 1 aliphatic carbocycles. The lowest BCUT2D eigenvalue weighted by Gasteiger charge is -2.39. The van der Waals surface area contributed by atoms with Crippen LogP contribution in [0.15, 0.2) is 42.7 Å². The van der Waals surface area contributed by atoms with Crippen molar-refractivity contribution in [3.05, 3.63) is 53.9 Å². The van der Waals surface area contributed by atoms with Crippen LogP contribution in [0.1, 0.15) is 44.2 Å². The Balaban J connectivity index is 1.60. The molecule has 4 rings (SSSR count). The maximum atomic E-state index is 13.5. The van der Waals surface area contributed by atoms with Crippen LogP contribution >= 0.6 is 0 Å². The molecule has 0 radical (unpaired) electrons. The van der Waals surface area contributed by atoms with Crippen molar-refractivity contribution in [3.63, 3.8) is 0 Å². The average Bonchev–Trinajstić information content (AvgIpc) is 3.10.